The molecule has 1 saturated carbocycles. The minimum atomic E-state index is -0.392. The quantitative estimate of drug-likeness (QED) is 0.832. The second kappa shape index (κ2) is 6.19. The van der Waals surface area contributed by atoms with E-state index in [0.29, 0.717) is 5.92 Å². The summed E-state index contributed by atoms with van der Waals surface area (Å²) in [5.74, 6) is 3.02. The normalized spacial score (nSPS) is 22.0. The van der Waals surface area contributed by atoms with Gasteiger partial charge in [-0.25, -0.2) is 0 Å². The van der Waals surface area contributed by atoms with Gasteiger partial charge in [0.05, 0.1) is 12.5 Å². The Morgan fingerprint density at radius 1 is 1.15 bits per heavy atom. The molecular formula is C22H23NO4. The number of para-hydroxylation sites is 1. The van der Waals surface area contributed by atoms with Crippen molar-refractivity contribution >= 4 is 5.91 Å². The molecule has 0 bridgehead atoms. The van der Waals surface area contributed by atoms with Gasteiger partial charge >= 0.3 is 0 Å². The summed E-state index contributed by atoms with van der Waals surface area (Å²) in [4.78, 5) is 15.4. The molecule has 5 heteroatoms. The zero-order valence-corrected chi connectivity index (χ0v) is 15.4. The van der Waals surface area contributed by atoms with E-state index in [2.05, 4.69) is 12.1 Å². The highest BCUT2D eigenvalue weighted by Gasteiger charge is 2.55. The highest BCUT2D eigenvalue weighted by Crippen LogP contribution is 2.53. The van der Waals surface area contributed by atoms with Gasteiger partial charge in [-0.1, -0.05) is 24.3 Å². The first-order chi connectivity index (χ1) is 13.2. The van der Waals surface area contributed by atoms with Crippen molar-refractivity contribution in [2.75, 3.05) is 27.0 Å². The van der Waals surface area contributed by atoms with Gasteiger partial charge in [-0.3, -0.25) is 4.79 Å². The lowest BCUT2D eigenvalue weighted by Crippen LogP contribution is -2.37. The summed E-state index contributed by atoms with van der Waals surface area (Å²) in [6.45, 7) is 1.85. The fourth-order valence-electron chi connectivity index (χ4n) is 4.45. The van der Waals surface area contributed by atoms with Crippen molar-refractivity contribution in [2.24, 2.45) is 0 Å². The van der Waals surface area contributed by atoms with Gasteiger partial charge in [0, 0.05) is 24.6 Å². The summed E-state index contributed by atoms with van der Waals surface area (Å²) in [5, 5.41) is 0. The molecule has 2 fully saturated rings. The maximum atomic E-state index is 13.4. The largest absolute Gasteiger partial charge is 0.496 e. The Balaban J connectivity index is 1.35. The number of carbonyl (C=O) groups excluding carboxylic acids is 1. The van der Waals surface area contributed by atoms with Crippen LogP contribution in [0, 0.1) is 0 Å². The van der Waals surface area contributed by atoms with E-state index in [0.717, 1.165) is 55.2 Å². The lowest BCUT2D eigenvalue weighted by atomic mass is 9.93. The van der Waals surface area contributed by atoms with Crippen LogP contribution >= 0.6 is 0 Å². The lowest BCUT2D eigenvalue weighted by molar-refractivity contribution is -0.133. The van der Waals surface area contributed by atoms with Crippen LogP contribution in [-0.2, 0) is 10.2 Å². The van der Waals surface area contributed by atoms with Crippen LogP contribution in [0.1, 0.15) is 36.3 Å². The van der Waals surface area contributed by atoms with Crippen LogP contribution in [0.4, 0.5) is 0 Å². The van der Waals surface area contributed by atoms with Crippen LogP contribution in [0.2, 0.25) is 0 Å². The highest BCUT2D eigenvalue weighted by atomic mass is 16.7. The maximum absolute atomic E-state index is 13.4. The Morgan fingerprint density at radius 2 is 1.96 bits per heavy atom. The summed E-state index contributed by atoms with van der Waals surface area (Å²) < 4.78 is 16.4. The Kier molecular flexibility index (Phi) is 3.78. The maximum Gasteiger partial charge on any atom is 0.233 e. The molecule has 0 aromatic heterocycles. The minimum Gasteiger partial charge on any atom is -0.496 e. The van der Waals surface area contributed by atoms with E-state index in [9.17, 15) is 4.79 Å². The Morgan fingerprint density at radius 3 is 2.78 bits per heavy atom. The number of hydrogen-bond acceptors (Lipinski definition) is 4. The van der Waals surface area contributed by atoms with Crippen LogP contribution < -0.4 is 14.2 Å². The van der Waals surface area contributed by atoms with Gasteiger partial charge < -0.3 is 19.1 Å². The molecule has 1 unspecified atom stereocenters. The Labute approximate surface area is 158 Å². The van der Waals surface area contributed by atoms with E-state index in [1.54, 1.807) is 7.11 Å². The third kappa shape index (κ3) is 2.64. The van der Waals surface area contributed by atoms with Crippen molar-refractivity contribution in [2.45, 2.75) is 30.6 Å². The number of nitrogens with zero attached hydrogens (tertiary/aromatic N) is 1. The number of benzene rings is 2. The number of amides is 1. The van der Waals surface area contributed by atoms with E-state index >= 15 is 0 Å². The fourth-order valence-corrected chi connectivity index (χ4v) is 4.45. The van der Waals surface area contributed by atoms with Gasteiger partial charge in [-0.2, -0.15) is 0 Å². The molecule has 2 aromatic rings. The molecule has 140 valence electrons. The zero-order chi connectivity index (χ0) is 18.4. The summed E-state index contributed by atoms with van der Waals surface area (Å²) in [7, 11) is 1.67. The van der Waals surface area contributed by atoms with Crippen molar-refractivity contribution in [3.63, 3.8) is 0 Å². The molecule has 5 rings (SSSR count). The molecule has 2 aromatic carbocycles. The lowest BCUT2D eigenvalue weighted by Gasteiger charge is -2.25. The van der Waals surface area contributed by atoms with E-state index in [-0.39, 0.29) is 12.7 Å². The van der Waals surface area contributed by atoms with Crippen molar-refractivity contribution in [3.8, 4) is 17.2 Å². The van der Waals surface area contributed by atoms with Crippen LogP contribution in [0.5, 0.6) is 17.2 Å². The monoisotopic (exact) mass is 365 g/mol. The molecule has 5 nitrogen and oxygen atoms in total. The molecular weight excluding hydrogens is 342 g/mol. The van der Waals surface area contributed by atoms with E-state index in [1.807, 2.05) is 35.2 Å². The molecule has 27 heavy (non-hydrogen) atoms. The highest BCUT2D eigenvalue weighted by molar-refractivity contribution is 5.92. The predicted octanol–water partition coefficient (Wildman–Crippen LogP) is 3.47. The summed E-state index contributed by atoms with van der Waals surface area (Å²) in [6, 6.07) is 14.1. The average Bonchev–Trinajstić information content (AvgIpc) is 3.14. The van der Waals surface area contributed by atoms with Crippen LogP contribution in [-0.4, -0.2) is 37.8 Å². The van der Waals surface area contributed by atoms with Crippen molar-refractivity contribution in [1.82, 2.24) is 4.90 Å². The number of carbonyl (C=O) groups is 1. The number of rotatable bonds is 4. The van der Waals surface area contributed by atoms with E-state index in [1.165, 1.54) is 5.56 Å². The molecule has 1 atom stereocenters. The summed E-state index contributed by atoms with van der Waals surface area (Å²) in [6.07, 6.45) is 2.78. The van der Waals surface area contributed by atoms with Crippen LogP contribution in [0.25, 0.3) is 0 Å². The van der Waals surface area contributed by atoms with Crippen LogP contribution in [0.15, 0.2) is 42.5 Å². The van der Waals surface area contributed by atoms with Gasteiger partial charge in [0.15, 0.2) is 11.5 Å². The predicted molar refractivity (Wildman–Crippen MR) is 100 cm³/mol. The average molecular weight is 365 g/mol. The molecule has 1 aliphatic carbocycles. The van der Waals surface area contributed by atoms with Crippen LogP contribution in [0.3, 0.4) is 0 Å². The van der Waals surface area contributed by atoms with E-state index in [4.69, 9.17) is 14.2 Å². The molecule has 0 radical (unpaired) electrons. The molecule has 1 saturated heterocycles. The van der Waals surface area contributed by atoms with E-state index < -0.39 is 5.41 Å². The SMILES string of the molecule is COc1ccccc1C1(C(=O)N2CCC(c3ccc4c(c3)OCO4)C2)CC1. The Hall–Kier alpha value is -2.69. The number of ether oxygens (including phenoxy) is 3. The molecule has 2 heterocycles. The van der Waals surface area contributed by atoms with Gasteiger partial charge in [0.2, 0.25) is 12.7 Å². The third-order valence-corrected chi connectivity index (χ3v) is 6.13. The Bertz CT molecular complexity index is 890. The zero-order valence-electron chi connectivity index (χ0n) is 15.4. The molecule has 0 N–H and O–H groups in total. The van der Waals surface area contributed by atoms with Crippen molar-refractivity contribution in [3.05, 3.63) is 53.6 Å². The fraction of sp³-hybridized carbons (Fsp3) is 0.409. The van der Waals surface area contributed by atoms with Crippen molar-refractivity contribution < 1.29 is 19.0 Å². The number of fused-ring (bicyclic) bond motifs is 1. The first-order valence-corrected chi connectivity index (χ1v) is 9.54. The second-order valence-corrected chi connectivity index (χ2v) is 7.63. The summed E-state index contributed by atoms with van der Waals surface area (Å²) in [5.41, 5.74) is 1.86. The molecule has 2 aliphatic heterocycles. The van der Waals surface area contributed by atoms with Gasteiger partial charge in [0.1, 0.15) is 5.75 Å². The van der Waals surface area contributed by atoms with Gasteiger partial charge in [0.25, 0.3) is 0 Å². The topological polar surface area (TPSA) is 48.0 Å². The third-order valence-electron chi connectivity index (χ3n) is 6.13. The smallest absolute Gasteiger partial charge is 0.233 e. The molecule has 0 spiro atoms. The molecule has 1 amide bonds. The first kappa shape index (κ1) is 16.5. The number of methoxy groups -OCH3 is 1. The standard InChI is InChI=1S/C22H23NO4/c1-25-18-5-3-2-4-17(18)22(9-10-22)21(24)23-11-8-16(13-23)15-6-7-19-20(12-15)27-14-26-19/h2-7,12,16H,8-11,13-14H2,1H3. The second-order valence-electron chi connectivity index (χ2n) is 7.63. The van der Waals surface area contributed by atoms with Gasteiger partial charge in [-0.15, -0.1) is 0 Å². The number of hydrogen-bond donors (Lipinski definition) is 0. The first-order valence-electron chi connectivity index (χ1n) is 9.54. The summed E-state index contributed by atoms with van der Waals surface area (Å²) >= 11 is 0. The molecule has 3 aliphatic rings. The van der Waals surface area contributed by atoms with Crippen molar-refractivity contribution in [1.29, 1.82) is 0 Å². The van der Waals surface area contributed by atoms with Gasteiger partial charge in [-0.05, 0) is 43.0 Å². The minimum absolute atomic E-state index is 0.246. The number of likely N-dealkylation sites (tertiary alicyclic amines) is 1.